The van der Waals surface area contributed by atoms with E-state index in [1.165, 1.54) is 17.0 Å². The third kappa shape index (κ3) is 9.11. The Morgan fingerprint density at radius 3 is 2.14 bits per heavy atom. The van der Waals surface area contributed by atoms with Crippen LogP contribution in [0.5, 0.6) is 5.75 Å². The van der Waals surface area contributed by atoms with Crippen molar-refractivity contribution in [3.05, 3.63) is 86.8 Å². The van der Waals surface area contributed by atoms with Crippen LogP contribution in [0.1, 0.15) is 46.1 Å². The number of carbonyl (C=O) groups is 2. The number of nitrogens with one attached hydrogen (secondary N) is 1. The van der Waals surface area contributed by atoms with Crippen molar-refractivity contribution in [1.29, 1.82) is 0 Å². The Labute approximate surface area is 272 Å². The van der Waals surface area contributed by atoms with Crippen LogP contribution in [0.15, 0.2) is 76.1 Å². The molecule has 232 valence electrons. The molecule has 0 bridgehead atoms. The first-order valence-electron chi connectivity index (χ1n) is 14.0. The standard InChI is InChI=1S/C31H36BrCl2N3O5S/c1-5-21(4)35-31(39)29(6-2)36(19-22-8-17-27(33)28(34)18-22)30(38)20-37(24-11-13-25(14-12-24)42-7-3)43(40,41)26-15-9-23(32)10-16-26/h8-18,21,29H,5-7,19-20H2,1-4H3,(H,35,39)/t21-,29-/m0/s1. The molecule has 0 radical (unpaired) electrons. The van der Waals surface area contributed by atoms with Crippen LogP contribution in [0.4, 0.5) is 5.69 Å². The fourth-order valence-electron chi connectivity index (χ4n) is 4.33. The molecule has 0 aliphatic carbocycles. The van der Waals surface area contributed by atoms with Gasteiger partial charge in [-0.05, 0) is 92.9 Å². The summed E-state index contributed by atoms with van der Waals surface area (Å²) in [5.41, 5.74) is 0.909. The molecule has 0 aliphatic heterocycles. The van der Waals surface area contributed by atoms with Crippen LogP contribution < -0.4 is 14.4 Å². The summed E-state index contributed by atoms with van der Waals surface area (Å²) in [6.45, 7) is 7.39. The molecule has 3 aromatic carbocycles. The molecule has 12 heteroatoms. The van der Waals surface area contributed by atoms with Crippen molar-refractivity contribution >= 4 is 66.7 Å². The van der Waals surface area contributed by atoms with Gasteiger partial charge in [0.05, 0.1) is 27.2 Å². The summed E-state index contributed by atoms with van der Waals surface area (Å²) in [5.74, 6) is -0.326. The fourth-order valence-corrected chi connectivity index (χ4v) is 6.33. The Hall–Kier alpha value is -2.79. The number of carbonyl (C=O) groups excluding carboxylic acids is 2. The lowest BCUT2D eigenvalue weighted by molar-refractivity contribution is -0.140. The van der Waals surface area contributed by atoms with E-state index in [0.717, 1.165) is 4.31 Å². The van der Waals surface area contributed by atoms with Crippen molar-refractivity contribution in [2.24, 2.45) is 0 Å². The number of hydrogen-bond donors (Lipinski definition) is 1. The minimum Gasteiger partial charge on any atom is -0.494 e. The summed E-state index contributed by atoms with van der Waals surface area (Å²) in [6.07, 6.45) is 1.01. The molecule has 0 unspecified atom stereocenters. The van der Waals surface area contributed by atoms with Crippen molar-refractivity contribution < 1.29 is 22.7 Å². The average Bonchev–Trinajstić information content (AvgIpc) is 2.98. The lowest BCUT2D eigenvalue weighted by atomic mass is 10.1. The number of ether oxygens (including phenoxy) is 1. The number of sulfonamides is 1. The largest absolute Gasteiger partial charge is 0.494 e. The Morgan fingerprint density at radius 2 is 1.58 bits per heavy atom. The molecule has 3 aromatic rings. The van der Waals surface area contributed by atoms with Crippen LogP contribution in [0.25, 0.3) is 0 Å². The summed E-state index contributed by atoms with van der Waals surface area (Å²) in [7, 11) is -4.20. The molecule has 2 amide bonds. The Morgan fingerprint density at radius 1 is 0.930 bits per heavy atom. The molecular formula is C31H36BrCl2N3O5S. The number of anilines is 1. The maximum atomic E-state index is 14.2. The maximum absolute atomic E-state index is 14.2. The van der Waals surface area contributed by atoms with Crippen LogP contribution in [0, 0.1) is 0 Å². The van der Waals surface area contributed by atoms with Gasteiger partial charge in [0.25, 0.3) is 10.0 Å². The molecule has 0 heterocycles. The molecule has 43 heavy (non-hydrogen) atoms. The highest BCUT2D eigenvalue weighted by Gasteiger charge is 2.34. The molecule has 1 N–H and O–H groups in total. The van der Waals surface area contributed by atoms with Crippen molar-refractivity contribution in [1.82, 2.24) is 10.2 Å². The zero-order chi connectivity index (χ0) is 31.7. The number of amides is 2. The highest BCUT2D eigenvalue weighted by molar-refractivity contribution is 9.10. The SMILES string of the molecule is CCOc1ccc(N(CC(=O)N(Cc2ccc(Cl)c(Cl)c2)[C@@H](CC)C(=O)N[C@@H](C)CC)S(=O)(=O)c2ccc(Br)cc2)cc1. The van der Waals surface area contributed by atoms with Crippen molar-refractivity contribution in [2.75, 3.05) is 17.5 Å². The van der Waals surface area contributed by atoms with Gasteiger partial charge in [-0.3, -0.25) is 13.9 Å². The average molecular weight is 714 g/mol. The fraction of sp³-hybridized carbons (Fsp3) is 0.355. The van der Waals surface area contributed by atoms with Crippen LogP contribution in [-0.2, 0) is 26.2 Å². The summed E-state index contributed by atoms with van der Waals surface area (Å²) in [6, 6.07) is 16.6. The Balaban J connectivity index is 2.08. The van der Waals surface area contributed by atoms with E-state index in [0.29, 0.717) is 45.3 Å². The molecule has 0 saturated carbocycles. The van der Waals surface area contributed by atoms with Gasteiger partial charge in [0, 0.05) is 17.1 Å². The number of nitrogens with zero attached hydrogens (tertiary/aromatic N) is 2. The Kier molecular flexibility index (Phi) is 12.7. The molecule has 0 aromatic heterocycles. The van der Waals surface area contributed by atoms with Crippen molar-refractivity contribution in [2.45, 2.75) is 64.1 Å². The van der Waals surface area contributed by atoms with Gasteiger partial charge in [0.1, 0.15) is 18.3 Å². The van der Waals surface area contributed by atoms with E-state index in [-0.39, 0.29) is 29.1 Å². The molecule has 0 aliphatic rings. The minimum atomic E-state index is -4.20. The quantitative estimate of drug-likeness (QED) is 0.193. The second kappa shape index (κ2) is 15.8. The number of rotatable bonds is 14. The zero-order valence-electron chi connectivity index (χ0n) is 24.5. The molecule has 0 fully saturated rings. The minimum absolute atomic E-state index is 0.00923. The van der Waals surface area contributed by atoms with E-state index in [2.05, 4.69) is 21.2 Å². The predicted octanol–water partition coefficient (Wildman–Crippen LogP) is 7.07. The molecular weight excluding hydrogens is 677 g/mol. The number of halogens is 3. The van der Waals surface area contributed by atoms with E-state index in [1.54, 1.807) is 61.5 Å². The topological polar surface area (TPSA) is 96.0 Å². The normalized spacial score (nSPS) is 12.7. The van der Waals surface area contributed by atoms with Crippen LogP contribution in [0.3, 0.4) is 0 Å². The second-order valence-corrected chi connectivity index (χ2v) is 13.5. The van der Waals surface area contributed by atoms with Gasteiger partial charge < -0.3 is 15.0 Å². The first kappa shape index (κ1) is 34.7. The van der Waals surface area contributed by atoms with E-state index in [4.69, 9.17) is 27.9 Å². The predicted molar refractivity (Wildman–Crippen MR) is 175 cm³/mol. The smallest absolute Gasteiger partial charge is 0.264 e. The van der Waals surface area contributed by atoms with Gasteiger partial charge in [-0.2, -0.15) is 0 Å². The lowest BCUT2D eigenvalue weighted by Gasteiger charge is -2.33. The summed E-state index contributed by atoms with van der Waals surface area (Å²) < 4.78 is 35.3. The van der Waals surface area contributed by atoms with E-state index >= 15 is 0 Å². The number of hydrogen-bond acceptors (Lipinski definition) is 5. The molecule has 0 saturated heterocycles. The third-order valence-electron chi connectivity index (χ3n) is 6.84. The monoisotopic (exact) mass is 711 g/mol. The highest BCUT2D eigenvalue weighted by Crippen LogP contribution is 2.28. The van der Waals surface area contributed by atoms with Gasteiger partial charge >= 0.3 is 0 Å². The second-order valence-electron chi connectivity index (χ2n) is 9.90. The Bertz CT molecular complexity index is 1500. The lowest BCUT2D eigenvalue weighted by Crippen LogP contribution is -2.53. The summed E-state index contributed by atoms with van der Waals surface area (Å²) in [4.78, 5) is 29.0. The van der Waals surface area contributed by atoms with Gasteiger partial charge in [0.15, 0.2) is 0 Å². The van der Waals surface area contributed by atoms with E-state index < -0.39 is 28.5 Å². The molecule has 3 rings (SSSR count). The van der Waals surface area contributed by atoms with Crippen molar-refractivity contribution in [3.8, 4) is 5.75 Å². The van der Waals surface area contributed by atoms with Gasteiger partial charge in [-0.25, -0.2) is 8.42 Å². The van der Waals surface area contributed by atoms with Gasteiger partial charge in [-0.1, -0.05) is 59.0 Å². The number of benzene rings is 3. The maximum Gasteiger partial charge on any atom is 0.264 e. The third-order valence-corrected chi connectivity index (χ3v) is 9.90. The van der Waals surface area contributed by atoms with Crippen molar-refractivity contribution in [3.63, 3.8) is 0 Å². The van der Waals surface area contributed by atoms with E-state index in [1.807, 2.05) is 20.8 Å². The van der Waals surface area contributed by atoms with E-state index in [9.17, 15) is 18.0 Å². The molecule has 8 nitrogen and oxygen atoms in total. The van der Waals surface area contributed by atoms with Crippen LogP contribution in [0.2, 0.25) is 10.0 Å². The summed E-state index contributed by atoms with van der Waals surface area (Å²) in [5, 5.41) is 3.61. The zero-order valence-corrected chi connectivity index (χ0v) is 28.4. The molecule has 0 spiro atoms. The molecule has 2 atom stereocenters. The first-order chi connectivity index (χ1) is 20.4. The summed E-state index contributed by atoms with van der Waals surface area (Å²) >= 11 is 15.7. The van der Waals surface area contributed by atoms with Gasteiger partial charge in [-0.15, -0.1) is 0 Å². The highest BCUT2D eigenvalue weighted by atomic mass is 79.9. The van der Waals surface area contributed by atoms with Crippen LogP contribution in [-0.4, -0.2) is 50.4 Å². The van der Waals surface area contributed by atoms with Gasteiger partial charge in [0.2, 0.25) is 11.8 Å². The van der Waals surface area contributed by atoms with Crippen LogP contribution >= 0.6 is 39.1 Å². The first-order valence-corrected chi connectivity index (χ1v) is 16.9.